The number of aryl methyl sites for hydroxylation is 2. The smallest absolute Gasteiger partial charge is 0.243 e. The molecular formula is C23H27N5O2S. The molecule has 2 aromatic heterocycles. The molecule has 0 spiro atoms. The van der Waals surface area contributed by atoms with Crippen LogP contribution in [0.2, 0.25) is 0 Å². The van der Waals surface area contributed by atoms with E-state index in [1.165, 1.54) is 0 Å². The molecule has 0 aliphatic carbocycles. The normalized spacial score (nSPS) is 15.7. The Balaban J connectivity index is 1.54. The van der Waals surface area contributed by atoms with Crippen LogP contribution in [0, 0.1) is 13.8 Å². The minimum Gasteiger partial charge on any atom is -0.373 e. The predicted octanol–water partition coefficient (Wildman–Crippen LogP) is 3.77. The fourth-order valence-corrected chi connectivity index (χ4v) is 5.40. The van der Waals surface area contributed by atoms with Crippen LogP contribution >= 0.6 is 0 Å². The lowest BCUT2D eigenvalue weighted by atomic mass is 9.94. The molecule has 0 bridgehead atoms. The largest absolute Gasteiger partial charge is 0.373 e. The van der Waals surface area contributed by atoms with Crippen LogP contribution in [0.1, 0.15) is 35.6 Å². The summed E-state index contributed by atoms with van der Waals surface area (Å²) in [5.41, 5.74) is 3.86. The van der Waals surface area contributed by atoms with Crippen LogP contribution < -0.4 is 5.32 Å². The Morgan fingerprint density at radius 1 is 1.03 bits per heavy atom. The highest BCUT2D eigenvalue weighted by atomic mass is 32.2. The molecule has 8 heteroatoms. The van der Waals surface area contributed by atoms with E-state index in [0.29, 0.717) is 23.8 Å². The Hall–Kier alpha value is -2.84. The molecule has 1 aliphatic rings. The first-order chi connectivity index (χ1) is 14.9. The van der Waals surface area contributed by atoms with Crippen molar-refractivity contribution in [3.05, 3.63) is 65.6 Å². The maximum atomic E-state index is 13.1. The van der Waals surface area contributed by atoms with Crippen molar-refractivity contribution < 1.29 is 8.42 Å². The molecular weight excluding hydrogens is 410 g/mol. The van der Waals surface area contributed by atoms with Crippen molar-refractivity contribution >= 4 is 15.8 Å². The molecule has 162 valence electrons. The fraction of sp³-hybridized carbons (Fsp3) is 0.348. The molecule has 4 rings (SSSR count). The van der Waals surface area contributed by atoms with Crippen LogP contribution in [0.15, 0.2) is 53.7 Å². The molecule has 1 saturated heterocycles. The van der Waals surface area contributed by atoms with Crippen molar-refractivity contribution in [1.29, 1.82) is 0 Å². The number of pyridine rings is 1. The van der Waals surface area contributed by atoms with Gasteiger partial charge in [-0.15, -0.1) is 0 Å². The van der Waals surface area contributed by atoms with Gasteiger partial charge in [0, 0.05) is 55.8 Å². The number of nitrogens with one attached hydrogen (secondary N) is 1. The zero-order valence-electron chi connectivity index (χ0n) is 18.0. The predicted molar refractivity (Wildman–Crippen MR) is 121 cm³/mol. The van der Waals surface area contributed by atoms with Crippen molar-refractivity contribution in [3.63, 3.8) is 0 Å². The summed E-state index contributed by atoms with van der Waals surface area (Å²) in [6, 6.07) is 11.1. The molecule has 3 aromatic rings. The van der Waals surface area contributed by atoms with E-state index in [2.05, 4.69) is 15.3 Å². The molecule has 1 N–H and O–H groups in total. The summed E-state index contributed by atoms with van der Waals surface area (Å²) >= 11 is 0. The van der Waals surface area contributed by atoms with E-state index in [9.17, 15) is 8.42 Å². The van der Waals surface area contributed by atoms with Gasteiger partial charge in [-0.05, 0) is 62.1 Å². The van der Waals surface area contributed by atoms with Gasteiger partial charge in [0.05, 0.1) is 4.90 Å². The topological polar surface area (TPSA) is 88.1 Å². The molecule has 7 nitrogen and oxygen atoms in total. The third-order valence-corrected chi connectivity index (χ3v) is 7.80. The van der Waals surface area contributed by atoms with E-state index in [-0.39, 0.29) is 5.92 Å². The Kier molecular flexibility index (Phi) is 6.02. The molecule has 1 fully saturated rings. The summed E-state index contributed by atoms with van der Waals surface area (Å²) < 4.78 is 27.8. The van der Waals surface area contributed by atoms with Crippen molar-refractivity contribution in [3.8, 4) is 11.4 Å². The number of rotatable bonds is 5. The van der Waals surface area contributed by atoms with Gasteiger partial charge >= 0.3 is 0 Å². The standard InChI is InChI=1S/C23H27N5O2S/c1-16-6-7-20(13-17(16)2)31(29,30)28-11-8-18(9-12-28)21-14-22(24-3)27-23(26-21)19-5-4-10-25-15-19/h4-7,10,13-15,18H,8-9,11-12H2,1-3H3,(H,24,26,27). The summed E-state index contributed by atoms with van der Waals surface area (Å²) in [7, 11) is -1.66. The SMILES string of the molecule is CNc1cc(C2CCN(S(=O)(=O)c3ccc(C)c(C)c3)CC2)nc(-c2cccnc2)n1. The van der Waals surface area contributed by atoms with Gasteiger partial charge in [-0.3, -0.25) is 4.98 Å². The minimum absolute atomic E-state index is 0.178. The first-order valence-corrected chi connectivity index (χ1v) is 11.9. The van der Waals surface area contributed by atoms with Gasteiger partial charge in [0.25, 0.3) is 0 Å². The highest BCUT2D eigenvalue weighted by molar-refractivity contribution is 7.89. The van der Waals surface area contributed by atoms with Gasteiger partial charge in [0.1, 0.15) is 5.82 Å². The molecule has 0 saturated carbocycles. The maximum Gasteiger partial charge on any atom is 0.243 e. The molecule has 3 heterocycles. The van der Waals surface area contributed by atoms with Crippen molar-refractivity contribution in [2.24, 2.45) is 0 Å². The number of hydrogen-bond acceptors (Lipinski definition) is 6. The monoisotopic (exact) mass is 437 g/mol. The molecule has 0 amide bonds. The van der Waals surface area contributed by atoms with E-state index in [1.807, 2.05) is 45.2 Å². The first-order valence-electron chi connectivity index (χ1n) is 10.4. The van der Waals surface area contributed by atoms with Crippen LogP contribution in [-0.2, 0) is 10.0 Å². The zero-order valence-corrected chi connectivity index (χ0v) is 18.9. The number of anilines is 1. The first kappa shape index (κ1) is 21.4. The van der Waals surface area contributed by atoms with E-state index in [1.54, 1.807) is 28.8 Å². The van der Waals surface area contributed by atoms with Gasteiger partial charge in [-0.1, -0.05) is 6.07 Å². The van der Waals surface area contributed by atoms with Gasteiger partial charge in [0.2, 0.25) is 10.0 Å². The van der Waals surface area contributed by atoms with Gasteiger partial charge < -0.3 is 5.32 Å². The number of piperidine rings is 1. The summed E-state index contributed by atoms with van der Waals surface area (Å²) in [6.45, 7) is 4.87. The summed E-state index contributed by atoms with van der Waals surface area (Å²) in [5.74, 6) is 1.55. The third kappa shape index (κ3) is 4.45. The Labute approximate surface area is 183 Å². The number of benzene rings is 1. The quantitative estimate of drug-likeness (QED) is 0.654. The minimum atomic E-state index is -3.49. The highest BCUT2D eigenvalue weighted by Gasteiger charge is 2.31. The third-order valence-electron chi connectivity index (χ3n) is 5.91. The number of sulfonamides is 1. The van der Waals surface area contributed by atoms with E-state index in [0.717, 1.165) is 41.0 Å². The molecule has 1 aliphatic heterocycles. The van der Waals surface area contributed by atoms with E-state index in [4.69, 9.17) is 4.98 Å². The number of aromatic nitrogens is 3. The van der Waals surface area contributed by atoms with Crippen LogP contribution in [0.5, 0.6) is 0 Å². The van der Waals surface area contributed by atoms with Crippen molar-refractivity contribution in [2.75, 3.05) is 25.5 Å². The average molecular weight is 438 g/mol. The van der Waals surface area contributed by atoms with E-state index >= 15 is 0 Å². The Morgan fingerprint density at radius 2 is 1.81 bits per heavy atom. The Morgan fingerprint density at radius 3 is 2.45 bits per heavy atom. The highest BCUT2D eigenvalue weighted by Crippen LogP contribution is 2.32. The Bertz CT molecular complexity index is 1170. The lowest BCUT2D eigenvalue weighted by Gasteiger charge is -2.31. The molecule has 0 atom stereocenters. The van der Waals surface area contributed by atoms with E-state index < -0.39 is 10.0 Å². The number of hydrogen-bond donors (Lipinski definition) is 1. The van der Waals surface area contributed by atoms with Crippen molar-refractivity contribution in [2.45, 2.75) is 37.5 Å². The van der Waals surface area contributed by atoms with Crippen LogP contribution in [-0.4, -0.2) is 47.8 Å². The van der Waals surface area contributed by atoms with Crippen LogP contribution in [0.25, 0.3) is 11.4 Å². The van der Waals surface area contributed by atoms with Crippen LogP contribution in [0.3, 0.4) is 0 Å². The summed E-state index contributed by atoms with van der Waals surface area (Å²) in [4.78, 5) is 13.9. The van der Waals surface area contributed by atoms with Crippen LogP contribution in [0.4, 0.5) is 5.82 Å². The lowest BCUT2D eigenvalue weighted by Crippen LogP contribution is -2.38. The summed E-state index contributed by atoms with van der Waals surface area (Å²) in [5, 5.41) is 3.10. The fourth-order valence-electron chi connectivity index (χ4n) is 3.84. The number of nitrogens with zero attached hydrogens (tertiary/aromatic N) is 4. The van der Waals surface area contributed by atoms with Crippen molar-refractivity contribution in [1.82, 2.24) is 19.3 Å². The lowest BCUT2D eigenvalue weighted by molar-refractivity contribution is 0.316. The summed E-state index contributed by atoms with van der Waals surface area (Å²) in [6.07, 6.45) is 4.91. The molecule has 0 unspecified atom stereocenters. The zero-order chi connectivity index (χ0) is 22.0. The van der Waals surface area contributed by atoms with Gasteiger partial charge in [-0.2, -0.15) is 4.31 Å². The second kappa shape index (κ2) is 8.72. The molecule has 0 radical (unpaired) electrons. The maximum absolute atomic E-state index is 13.1. The second-order valence-corrected chi connectivity index (χ2v) is 9.86. The average Bonchev–Trinajstić information content (AvgIpc) is 2.81. The molecule has 1 aromatic carbocycles. The van der Waals surface area contributed by atoms with Gasteiger partial charge in [-0.25, -0.2) is 18.4 Å². The van der Waals surface area contributed by atoms with Gasteiger partial charge in [0.15, 0.2) is 5.82 Å². The second-order valence-electron chi connectivity index (χ2n) is 7.92. The molecule has 31 heavy (non-hydrogen) atoms.